The number of rotatable bonds is 3. The molecule has 100 valence electrons. The van der Waals surface area contributed by atoms with Crippen molar-refractivity contribution >= 4 is 0 Å². The molecule has 2 rings (SSSR count). The van der Waals surface area contributed by atoms with Gasteiger partial charge in [0, 0.05) is 18.3 Å². The number of aromatic nitrogens is 1. The quantitative estimate of drug-likeness (QED) is 0.894. The van der Waals surface area contributed by atoms with Gasteiger partial charge < -0.3 is 10.5 Å². The molecule has 0 aliphatic heterocycles. The van der Waals surface area contributed by atoms with Gasteiger partial charge in [-0.2, -0.15) is 0 Å². The molecule has 3 heteroatoms. The first-order chi connectivity index (χ1) is 8.56. The van der Waals surface area contributed by atoms with Crippen molar-refractivity contribution < 1.29 is 4.74 Å². The van der Waals surface area contributed by atoms with Crippen LogP contribution in [0, 0.1) is 18.8 Å². The van der Waals surface area contributed by atoms with Crippen LogP contribution in [0.5, 0.6) is 5.88 Å². The van der Waals surface area contributed by atoms with Gasteiger partial charge in [-0.3, -0.25) is 0 Å². The Bertz CT molecular complexity index is 395. The smallest absolute Gasteiger partial charge is 0.214 e. The highest BCUT2D eigenvalue weighted by Gasteiger charge is 2.25. The summed E-state index contributed by atoms with van der Waals surface area (Å²) >= 11 is 0. The first-order valence-electron chi connectivity index (χ1n) is 6.91. The largest absolute Gasteiger partial charge is 0.474 e. The molecular formula is C15H24N2O. The molecule has 2 atom stereocenters. The summed E-state index contributed by atoms with van der Waals surface area (Å²) < 4.78 is 6.05. The molecule has 0 bridgehead atoms. The molecule has 2 N–H and O–H groups in total. The van der Waals surface area contributed by atoms with E-state index in [0.717, 1.165) is 41.8 Å². The Morgan fingerprint density at radius 3 is 2.50 bits per heavy atom. The fourth-order valence-electron chi connectivity index (χ4n) is 3.03. The highest BCUT2D eigenvalue weighted by atomic mass is 16.5. The molecule has 1 fully saturated rings. The van der Waals surface area contributed by atoms with Gasteiger partial charge in [-0.1, -0.05) is 13.8 Å². The molecule has 1 aromatic rings. The number of hydrogen-bond donors (Lipinski definition) is 1. The fraction of sp³-hybridized carbons (Fsp3) is 0.667. The van der Waals surface area contributed by atoms with Gasteiger partial charge in [-0.15, -0.1) is 0 Å². The van der Waals surface area contributed by atoms with Gasteiger partial charge in [0.1, 0.15) is 6.10 Å². The third kappa shape index (κ3) is 3.45. The number of nitrogens with zero attached hydrogens (tertiary/aromatic N) is 1. The van der Waals surface area contributed by atoms with E-state index < -0.39 is 0 Å². The molecule has 1 heterocycles. The Balaban J connectivity index is 2.06. The Labute approximate surface area is 110 Å². The normalized spacial score (nSPS) is 28.1. The second-order valence-corrected chi connectivity index (χ2v) is 5.82. The van der Waals surface area contributed by atoms with E-state index in [9.17, 15) is 0 Å². The van der Waals surface area contributed by atoms with Crippen LogP contribution in [0.4, 0.5) is 0 Å². The zero-order chi connectivity index (χ0) is 13.1. The maximum Gasteiger partial charge on any atom is 0.214 e. The molecule has 2 unspecified atom stereocenters. The molecule has 18 heavy (non-hydrogen) atoms. The van der Waals surface area contributed by atoms with Crippen molar-refractivity contribution in [1.29, 1.82) is 0 Å². The summed E-state index contributed by atoms with van der Waals surface area (Å²) in [4.78, 5) is 4.45. The number of nitrogens with two attached hydrogens (primary N) is 1. The first-order valence-corrected chi connectivity index (χ1v) is 6.91. The molecule has 0 aromatic carbocycles. The number of aryl methyl sites for hydroxylation is 1. The fourth-order valence-corrected chi connectivity index (χ4v) is 3.03. The lowest BCUT2D eigenvalue weighted by Gasteiger charge is -2.31. The summed E-state index contributed by atoms with van der Waals surface area (Å²) in [6.07, 6.45) is 3.90. The Morgan fingerprint density at radius 1 is 1.22 bits per heavy atom. The summed E-state index contributed by atoms with van der Waals surface area (Å²) in [5, 5.41) is 0. The van der Waals surface area contributed by atoms with Gasteiger partial charge >= 0.3 is 0 Å². The molecule has 0 spiro atoms. The lowest BCUT2D eigenvalue weighted by atomic mass is 9.82. The van der Waals surface area contributed by atoms with E-state index >= 15 is 0 Å². The molecule has 0 saturated heterocycles. The summed E-state index contributed by atoms with van der Waals surface area (Å²) in [6, 6.07) is 3.98. The van der Waals surface area contributed by atoms with Crippen LogP contribution in [-0.2, 0) is 6.54 Å². The zero-order valence-corrected chi connectivity index (χ0v) is 11.6. The summed E-state index contributed by atoms with van der Waals surface area (Å²) in [7, 11) is 0. The molecular weight excluding hydrogens is 224 g/mol. The molecule has 1 aliphatic carbocycles. The van der Waals surface area contributed by atoms with Crippen LogP contribution in [0.2, 0.25) is 0 Å². The van der Waals surface area contributed by atoms with E-state index in [4.69, 9.17) is 10.5 Å². The van der Waals surface area contributed by atoms with Crippen LogP contribution in [0.1, 0.15) is 44.4 Å². The highest BCUT2D eigenvalue weighted by Crippen LogP contribution is 2.31. The Hall–Kier alpha value is -1.09. The van der Waals surface area contributed by atoms with Crippen molar-refractivity contribution in [2.45, 2.75) is 52.7 Å². The SMILES string of the molecule is Cc1cc(CN)cc(OC2CC(C)CC(C)C2)n1. The van der Waals surface area contributed by atoms with Crippen LogP contribution in [0.25, 0.3) is 0 Å². The molecule has 0 amide bonds. The minimum Gasteiger partial charge on any atom is -0.474 e. The average molecular weight is 248 g/mol. The highest BCUT2D eigenvalue weighted by molar-refractivity contribution is 5.24. The van der Waals surface area contributed by atoms with E-state index in [1.807, 2.05) is 19.1 Å². The van der Waals surface area contributed by atoms with Crippen LogP contribution in [0.3, 0.4) is 0 Å². The van der Waals surface area contributed by atoms with E-state index in [-0.39, 0.29) is 0 Å². The predicted molar refractivity (Wildman–Crippen MR) is 73.5 cm³/mol. The lowest BCUT2D eigenvalue weighted by Crippen LogP contribution is -2.28. The topological polar surface area (TPSA) is 48.1 Å². The number of ether oxygens (including phenoxy) is 1. The average Bonchev–Trinajstić information content (AvgIpc) is 2.26. The zero-order valence-electron chi connectivity index (χ0n) is 11.6. The second-order valence-electron chi connectivity index (χ2n) is 5.82. The van der Waals surface area contributed by atoms with E-state index in [1.165, 1.54) is 6.42 Å². The van der Waals surface area contributed by atoms with Crippen molar-refractivity contribution in [1.82, 2.24) is 4.98 Å². The molecule has 1 aromatic heterocycles. The van der Waals surface area contributed by atoms with E-state index in [1.54, 1.807) is 0 Å². The van der Waals surface area contributed by atoms with Crippen LogP contribution in [-0.4, -0.2) is 11.1 Å². The molecule has 3 nitrogen and oxygen atoms in total. The summed E-state index contributed by atoms with van der Waals surface area (Å²) in [5.41, 5.74) is 7.75. The maximum absolute atomic E-state index is 6.05. The third-order valence-electron chi connectivity index (χ3n) is 3.65. The number of pyridine rings is 1. The summed E-state index contributed by atoms with van der Waals surface area (Å²) in [5.74, 6) is 2.23. The van der Waals surface area contributed by atoms with Gasteiger partial charge in [-0.05, 0) is 49.7 Å². The number of hydrogen-bond acceptors (Lipinski definition) is 3. The van der Waals surface area contributed by atoms with Crippen LogP contribution < -0.4 is 10.5 Å². The van der Waals surface area contributed by atoms with E-state index in [2.05, 4.69) is 18.8 Å². The molecule has 1 saturated carbocycles. The second kappa shape index (κ2) is 5.70. The molecule has 1 aliphatic rings. The van der Waals surface area contributed by atoms with Crippen molar-refractivity contribution in [3.63, 3.8) is 0 Å². The van der Waals surface area contributed by atoms with Gasteiger partial charge in [0.05, 0.1) is 0 Å². The first kappa shape index (κ1) is 13.3. The summed E-state index contributed by atoms with van der Waals surface area (Å²) in [6.45, 7) is 7.14. The lowest BCUT2D eigenvalue weighted by molar-refractivity contribution is 0.0965. The van der Waals surface area contributed by atoms with Gasteiger partial charge in [0.2, 0.25) is 5.88 Å². The minimum atomic E-state index is 0.309. The minimum absolute atomic E-state index is 0.309. The maximum atomic E-state index is 6.05. The van der Waals surface area contributed by atoms with Gasteiger partial charge in [0.15, 0.2) is 0 Å². The third-order valence-corrected chi connectivity index (χ3v) is 3.65. The molecule has 0 radical (unpaired) electrons. The van der Waals surface area contributed by atoms with Crippen molar-refractivity contribution in [2.24, 2.45) is 17.6 Å². The van der Waals surface area contributed by atoms with Crippen molar-refractivity contribution in [3.8, 4) is 5.88 Å². The van der Waals surface area contributed by atoms with Gasteiger partial charge in [0.25, 0.3) is 0 Å². The van der Waals surface area contributed by atoms with Crippen LogP contribution in [0.15, 0.2) is 12.1 Å². The Morgan fingerprint density at radius 2 is 1.89 bits per heavy atom. The van der Waals surface area contributed by atoms with E-state index in [0.29, 0.717) is 12.6 Å². The predicted octanol–water partition coefficient (Wildman–Crippen LogP) is 3.05. The van der Waals surface area contributed by atoms with Crippen molar-refractivity contribution in [2.75, 3.05) is 0 Å². The Kier molecular flexibility index (Phi) is 4.23. The monoisotopic (exact) mass is 248 g/mol. The standard InChI is InChI=1S/C15H24N2O/c1-10-4-11(2)6-14(5-10)18-15-8-13(9-16)7-12(3)17-15/h7-8,10-11,14H,4-6,9,16H2,1-3H3. The van der Waals surface area contributed by atoms with Gasteiger partial charge in [-0.25, -0.2) is 4.98 Å². The van der Waals surface area contributed by atoms with Crippen molar-refractivity contribution in [3.05, 3.63) is 23.4 Å². The van der Waals surface area contributed by atoms with Crippen LogP contribution >= 0.6 is 0 Å².